The Bertz CT molecular complexity index is 212. The van der Waals surface area contributed by atoms with Gasteiger partial charge in [0.15, 0.2) is 0 Å². The lowest BCUT2D eigenvalue weighted by atomic mass is 9.60. The van der Waals surface area contributed by atoms with Crippen molar-refractivity contribution in [2.75, 3.05) is 0 Å². The van der Waals surface area contributed by atoms with Crippen molar-refractivity contribution in [1.29, 1.82) is 0 Å². The third-order valence-electron chi connectivity index (χ3n) is 5.69. The molecule has 0 aliphatic heterocycles. The summed E-state index contributed by atoms with van der Waals surface area (Å²) in [4.78, 5) is 0. The van der Waals surface area contributed by atoms with Gasteiger partial charge in [-0.2, -0.15) is 0 Å². The summed E-state index contributed by atoms with van der Waals surface area (Å²) in [5.41, 5.74) is 1.78. The Morgan fingerprint density at radius 2 is 1.58 bits per heavy atom. The Kier molecular flexibility index (Phi) is 1.37. The molecule has 2 saturated carbocycles. The maximum absolute atomic E-state index is 2.51. The summed E-state index contributed by atoms with van der Waals surface area (Å²) in [5.74, 6) is 0.998. The van der Waals surface area contributed by atoms with Crippen LogP contribution in [0.3, 0.4) is 0 Å². The van der Waals surface area contributed by atoms with Crippen LogP contribution in [0, 0.1) is 22.2 Å². The minimum Gasteiger partial charge on any atom is -0.0594 e. The molecule has 0 heterocycles. The van der Waals surface area contributed by atoms with Crippen molar-refractivity contribution in [3.8, 4) is 0 Å². The van der Waals surface area contributed by atoms with E-state index in [-0.39, 0.29) is 0 Å². The van der Waals surface area contributed by atoms with E-state index in [0.717, 1.165) is 5.92 Å². The SMILES string of the molecule is CC1(C)C[C@@H]2CC[C@@]1(C)C2(C)C. The van der Waals surface area contributed by atoms with Crippen molar-refractivity contribution in [2.45, 2.75) is 53.9 Å². The molecular formula is C12H22. The van der Waals surface area contributed by atoms with Crippen LogP contribution in [0.4, 0.5) is 0 Å². The molecular weight excluding hydrogens is 144 g/mol. The molecule has 0 nitrogen and oxygen atoms in total. The van der Waals surface area contributed by atoms with E-state index in [9.17, 15) is 0 Å². The van der Waals surface area contributed by atoms with Gasteiger partial charge < -0.3 is 0 Å². The fraction of sp³-hybridized carbons (Fsp3) is 1.00. The first-order valence-corrected chi connectivity index (χ1v) is 5.31. The van der Waals surface area contributed by atoms with Gasteiger partial charge in [-0.1, -0.05) is 34.6 Å². The van der Waals surface area contributed by atoms with E-state index in [1.807, 2.05) is 0 Å². The van der Waals surface area contributed by atoms with Gasteiger partial charge in [-0.15, -0.1) is 0 Å². The monoisotopic (exact) mass is 166 g/mol. The van der Waals surface area contributed by atoms with E-state index in [1.165, 1.54) is 19.3 Å². The normalized spacial score (nSPS) is 48.2. The first-order chi connectivity index (χ1) is 5.31. The maximum Gasteiger partial charge on any atom is -0.0220 e. The molecule has 12 heavy (non-hydrogen) atoms. The quantitative estimate of drug-likeness (QED) is 0.512. The van der Waals surface area contributed by atoms with Gasteiger partial charge in [-0.05, 0) is 41.4 Å². The molecule has 0 unspecified atom stereocenters. The van der Waals surface area contributed by atoms with Crippen molar-refractivity contribution in [1.82, 2.24) is 0 Å². The largest absolute Gasteiger partial charge is 0.0594 e. The van der Waals surface area contributed by atoms with Crippen molar-refractivity contribution >= 4 is 0 Å². The first-order valence-electron chi connectivity index (χ1n) is 5.31. The molecule has 2 aliphatic rings. The average molecular weight is 166 g/mol. The summed E-state index contributed by atoms with van der Waals surface area (Å²) in [6.45, 7) is 12.4. The van der Waals surface area contributed by atoms with Gasteiger partial charge in [0.1, 0.15) is 0 Å². The van der Waals surface area contributed by atoms with Crippen LogP contribution in [-0.4, -0.2) is 0 Å². The highest BCUT2D eigenvalue weighted by molar-refractivity contribution is 5.13. The first kappa shape index (κ1) is 8.59. The molecule has 2 atom stereocenters. The lowest BCUT2D eigenvalue weighted by molar-refractivity contribution is 0.0435. The van der Waals surface area contributed by atoms with Crippen LogP contribution in [0.5, 0.6) is 0 Å². The summed E-state index contributed by atoms with van der Waals surface area (Å²) in [5, 5.41) is 0. The average Bonchev–Trinajstić information content (AvgIpc) is 2.18. The molecule has 2 rings (SSSR count). The van der Waals surface area contributed by atoms with Crippen molar-refractivity contribution in [2.24, 2.45) is 22.2 Å². The highest BCUT2D eigenvalue weighted by Crippen LogP contribution is 2.72. The molecule has 0 N–H and O–H groups in total. The van der Waals surface area contributed by atoms with E-state index >= 15 is 0 Å². The Hall–Kier alpha value is 0. The summed E-state index contributed by atoms with van der Waals surface area (Å²) in [7, 11) is 0. The van der Waals surface area contributed by atoms with Gasteiger partial charge in [0.2, 0.25) is 0 Å². The Balaban J connectivity index is 2.47. The second kappa shape index (κ2) is 1.91. The van der Waals surface area contributed by atoms with E-state index in [4.69, 9.17) is 0 Å². The predicted octanol–water partition coefficient (Wildman–Crippen LogP) is 3.86. The van der Waals surface area contributed by atoms with Crippen LogP contribution in [0.25, 0.3) is 0 Å². The summed E-state index contributed by atoms with van der Waals surface area (Å²) in [6.07, 6.45) is 4.39. The zero-order valence-corrected chi connectivity index (χ0v) is 9.20. The molecule has 2 aliphatic carbocycles. The van der Waals surface area contributed by atoms with E-state index in [1.54, 1.807) is 0 Å². The molecule has 0 heteroatoms. The van der Waals surface area contributed by atoms with Gasteiger partial charge >= 0.3 is 0 Å². The second-order valence-electron chi connectivity index (χ2n) is 6.38. The topological polar surface area (TPSA) is 0 Å². The fourth-order valence-corrected chi connectivity index (χ4v) is 4.01. The van der Waals surface area contributed by atoms with Gasteiger partial charge in [0.25, 0.3) is 0 Å². The molecule has 0 saturated heterocycles. The Morgan fingerprint density at radius 3 is 1.75 bits per heavy atom. The van der Waals surface area contributed by atoms with E-state index < -0.39 is 0 Å². The van der Waals surface area contributed by atoms with Crippen LogP contribution in [0.15, 0.2) is 0 Å². The van der Waals surface area contributed by atoms with Crippen molar-refractivity contribution < 1.29 is 0 Å². The number of hydrogen-bond donors (Lipinski definition) is 0. The molecule has 2 fully saturated rings. The van der Waals surface area contributed by atoms with Crippen LogP contribution in [0.1, 0.15) is 53.9 Å². The highest BCUT2D eigenvalue weighted by atomic mass is 14.7. The standard InChI is InChI=1S/C12H22/c1-10(2)8-9-6-7-12(10,5)11(9,3)4/h9H,6-8H2,1-5H3/t9-,12+/m0/s1. The second-order valence-corrected chi connectivity index (χ2v) is 6.38. The van der Waals surface area contributed by atoms with Gasteiger partial charge in [0.05, 0.1) is 0 Å². The number of hydrogen-bond acceptors (Lipinski definition) is 0. The predicted molar refractivity (Wildman–Crippen MR) is 53.0 cm³/mol. The third kappa shape index (κ3) is 0.661. The summed E-state index contributed by atoms with van der Waals surface area (Å²) < 4.78 is 0. The van der Waals surface area contributed by atoms with E-state index in [2.05, 4.69) is 34.6 Å². The molecule has 0 aromatic heterocycles. The fourth-order valence-electron chi connectivity index (χ4n) is 4.01. The molecule has 0 amide bonds. The smallest absolute Gasteiger partial charge is 0.0220 e. The van der Waals surface area contributed by atoms with E-state index in [0.29, 0.717) is 16.2 Å². The van der Waals surface area contributed by atoms with Crippen LogP contribution >= 0.6 is 0 Å². The van der Waals surface area contributed by atoms with Crippen molar-refractivity contribution in [3.63, 3.8) is 0 Å². The van der Waals surface area contributed by atoms with Crippen LogP contribution in [-0.2, 0) is 0 Å². The lowest BCUT2D eigenvalue weighted by Gasteiger charge is -2.44. The van der Waals surface area contributed by atoms with Crippen LogP contribution in [0.2, 0.25) is 0 Å². The van der Waals surface area contributed by atoms with Gasteiger partial charge in [0, 0.05) is 0 Å². The highest BCUT2D eigenvalue weighted by Gasteiger charge is 2.64. The molecule has 70 valence electrons. The minimum absolute atomic E-state index is 0.583. The molecule has 0 aromatic carbocycles. The Labute approximate surface area is 76.7 Å². The van der Waals surface area contributed by atoms with Gasteiger partial charge in [-0.25, -0.2) is 0 Å². The van der Waals surface area contributed by atoms with Crippen molar-refractivity contribution in [3.05, 3.63) is 0 Å². The van der Waals surface area contributed by atoms with Crippen LogP contribution < -0.4 is 0 Å². The van der Waals surface area contributed by atoms with Gasteiger partial charge in [-0.3, -0.25) is 0 Å². The third-order valence-corrected chi connectivity index (χ3v) is 5.69. The zero-order chi connectivity index (χ0) is 9.20. The minimum atomic E-state index is 0.583. The summed E-state index contributed by atoms with van der Waals surface area (Å²) >= 11 is 0. The number of fused-ring (bicyclic) bond motifs is 2. The maximum atomic E-state index is 2.51. The molecule has 0 aromatic rings. The number of rotatable bonds is 0. The molecule has 2 bridgehead atoms. The molecule has 0 radical (unpaired) electrons. The summed E-state index contributed by atoms with van der Waals surface area (Å²) in [6, 6.07) is 0. The Morgan fingerprint density at radius 1 is 1.00 bits per heavy atom. The zero-order valence-electron chi connectivity index (χ0n) is 9.20. The lowest BCUT2D eigenvalue weighted by Crippen LogP contribution is -2.37. The molecule has 0 spiro atoms.